The van der Waals surface area contributed by atoms with Crippen LogP contribution in [0.4, 0.5) is 4.39 Å². The molecule has 1 saturated heterocycles. The van der Waals surface area contributed by atoms with Crippen molar-refractivity contribution in [3.05, 3.63) is 24.0 Å². The fourth-order valence-electron chi connectivity index (χ4n) is 2.40. The van der Waals surface area contributed by atoms with Crippen molar-refractivity contribution >= 4 is 12.6 Å². The molecule has 3 rings (SSSR count). The molecule has 1 aliphatic carbocycles. The number of hydrogen-bond donors (Lipinski definition) is 0. The molecule has 0 unspecified atom stereocenters. The van der Waals surface area contributed by atoms with Crippen molar-refractivity contribution in [2.75, 3.05) is 0 Å². The first kappa shape index (κ1) is 14.9. The van der Waals surface area contributed by atoms with Crippen LogP contribution in [0.15, 0.2) is 18.2 Å². The minimum atomic E-state index is -0.487. The average Bonchev–Trinajstić information content (AvgIpc) is 2.55. The van der Waals surface area contributed by atoms with Gasteiger partial charge in [0.05, 0.1) is 17.3 Å². The maximum atomic E-state index is 13.9. The second-order valence-electron chi connectivity index (χ2n) is 6.95. The highest BCUT2D eigenvalue weighted by Crippen LogP contribution is 2.37. The third-order valence-corrected chi connectivity index (χ3v) is 4.83. The second-order valence-corrected chi connectivity index (χ2v) is 6.95. The van der Waals surface area contributed by atoms with Crippen molar-refractivity contribution in [1.82, 2.24) is 0 Å². The zero-order valence-electron chi connectivity index (χ0n) is 13.1. The van der Waals surface area contributed by atoms with Gasteiger partial charge in [0.25, 0.3) is 0 Å². The van der Waals surface area contributed by atoms with Gasteiger partial charge in [0.1, 0.15) is 0 Å². The van der Waals surface area contributed by atoms with Gasteiger partial charge in [-0.25, -0.2) is 4.39 Å². The van der Waals surface area contributed by atoms with E-state index in [0.29, 0.717) is 5.75 Å². The third-order valence-electron chi connectivity index (χ3n) is 4.83. The van der Waals surface area contributed by atoms with Gasteiger partial charge in [-0.05, 0) is 64.6 Å². The maximum absolute atomic E-state index is 13.9. The molecule has 0 bridgehead atoms. The SMILES string of the molecule is CC1(C)OB(c2ccc(F)c(OC3CCC3)c2)OC1(C)C. The van der Waals surface area contributed by atoms with Gasteiger partial charge >= 0.3 is 7.12 Å². The highest BCUT2D eigenvalue weighted by Gasteiger charge is 2.51. The molecule has 3 nitrogen and oxygen atoms in total. The summed E-state index contributed by atoms with van der Waals surface area (Å²) in [5, 5.41) is 0. The van der Waals surface area contributed by atoms with E-state index in [1.165, 1.54) is 6.07 Å². The minimum Gasteiger partial charge on any atom is -0.487 e. The summed E-state index contributed by atoms with van der Waals surface area (Å²) in [6.45, 7) is 8.01. The summed E-state index contributed by atoms with van der Waals surface area (Å²) in [7, 11) is -0.487. The summed E-state index contributed by atoms with van der Waals surface area (Å²) in [4.78, 5) is 0. The van der Waals surface area contributed by atoms with Gasteiger partial charge in [0.2, 0.25) is 0 Å². The molecule has 1 heterocycles. The van der Waals surface area contributed by atoms with Crippen LogP contribution in [0.5, 0.6) is 5.75 Å². The molecule has 0 aromatic heterocycles. The largest absolute Gasteiger partial charge is 0.494 e. The molecular weight excluding hydrogens is 270 g/mol. The molecule has 1 aliphatic heterocycles. The number of rotatable bonds is 3. The van der Waals surface area contributed by atoms with Gasteiger partial charge < -0.3 is 14.0 Å². The monoisotopic (exact) mass is 292 g/mol. The van der Waals surface area contributed by atoms with Gasteiger partial charge in [-0.2, -0.15) is 0 Å². The van der Waals surface area contributed by atoms with Crippen LogP contribution >= 0.6 is 0 Å². The zero-order chi connectivity index (χ0) is 15.3. The number of hydrogen-bond acceptors (Lipinski definition) is 3. The highest BCUT2D eigenvalue weighted by atomic mass is 19.1. The summed E-state index contributed by atoms with van der Waals surface area (Å²) in [5.41, 5.74) is -0.00776. The van der Waals surface area contributed by atoms with Crippen LogP contribution in [0, 0.1) is 5.82 Å². The van der Waals surface area contributed by atoms with E-state index in [-0.39, 0.29) is 11.9 Å². The van der Waals surface area contributed by atoms with Crippen molar-refractivity contribution in [3.63, 3.8) is 0 Å². The Morgan fingerprint density at radius 2 is 1.76 bits per heavy atom. The first-order valence-electron chi connectivity index (χ1n) is 7.60. The van der Waals surface area contributed by atoms with Crippen molar-refractivity contribution in [2.45, 2.75) is 64.3 Å². The molecule has 1 saturated carbocycles. The molecule has 2 fully saturated rings. The van der Waals surface area contributed by atoms with Gasteiger partial charge in [-0.1, -0.05) is 6.07 Å². The van der Waals surface area contributed by atoms with E-state index >= 15 is 0 Å². The first-order valence-corrected chi connectivity index (χ1v) is 7.60. The maximum Gasteiger partial charge on any atom is 0.494 e. The van der Waals surface area contributed by atoms with E-state index in [1.54, 1.807) is 12.1 Å². The van der Waals surface area contributed by atoms with Crippen molar-refractivity contribution in [1.29, 1.82) is 0 Å². The fourth-order valence-corrected chi connectivity index (χ4v) is 2.40. The Morgan fingerprint density at radius 3 is 2.29 bits per heavy atom. The first-order chi connectivity index (χ1) is 9.78. The molecule has 0 radical (unpaired) electrons. The molecule has 1 aromatic rings. The van der Waals surface area contributed by atoms with E-state index in [0.717, 1.165) is 24.7 Å². The minimum absolute atomic E-state index is 0.146. The molecule has 0 amide bonds. The number of halogens is 1. The Labute approximate surface area is 125 Å². The normalized spacial score (nSPS) is 24.0. The van der Waals surface area contributed by atoms with Crippen LogP contribution < -0.4 is 10.2 Å². The van der Waals surface area contributed by atoms with E-state index in [1.807, 2.05) is 27.7 Å². The molecule has 114 valence electrons. The van der Waals surface area contributed by atoms with E-state index in [9.17, 15) is 4.39 Å². The third kappa shape index (κ3) is 2.69. The van der Waals surface area contributed by atoms with Crippen LogP contribution in [-0.2, 0) is 9.31 Å². The lowest BCUT2D eigenvalue weighted by Crippen LogP contribution is -2.41. The van der Waals surface area contributed by atoms with Crippen LogP contribution in [-0.4, -0.2) is 24.4 Å². The molecule has 5 heteroatoms. The van der Waals surface area contributed by atoms with Gasteiger partial charge in [0.15, 0.2) is 11.6 Å². The Morgan fingerprint density at radius 1 is 1.14 bits per heavy atom. The summed E-state index contributed by atoms with van der Waals surface area (Å²) in [6.07, 6.45) is 3.30. The molecule has 0 N–H and O–H groups in total. The van der Waals surface area contributed by atoms with Crippen molar-refractivity contribution < 1.29 is 18.4 Å². The Bertz CT molecular complexity index is 524. The lowest BCUT2D eigenvalue weighted by atomic mass is 9.79. The highest BCUT2D eigenvalue weighted by molar-refractivity contribution is 6.62. The van der Waals surface area contributed by atoms with Gasteiger partial charge in [0, 0.05) is 0 Å². The molecular formula is C16H22BFO3. The number of ether oxygens (including phenoxy) is 1. The van der Waals surface area contributed by atoms with Crippen LogP contribution in [0.2, 0.25) is 0 Å². The second kappa shape index (κ2) is 4.99. The summed E-state index contributed by atoms with van der Waals surface area (Å²) >= 11 is 0. The van der Waals surface area contributed by atoms with E-state index in [4.69, 9.17) is 14.0 Å². The molecule has 0 atom stereocenters. The Kier molecular flexibility index (Phi) is 3.53. The van der Waals surface area contributed by atoms with E-state index < -0.39 is 18.3 Å². The predicted octanol–water partition coefficient (Wildman–Crippen LogP) is 3.06. The molecule has 2 aliphatic rings. The van der Waals surface area contributed by atoms with Crippen LogP contribution in [0.1, 0.15) is 47.0 Å². The summed E-state index contributed by atoms with van der Waals surface area (Å²) in [5.74, 6) is -0.0333. The van der Waals surface area contributed by atoms with E-state index in [2.05, 4.69) is 0 Å². The van der Waals surface area contributed by atoms with Crippen LogP contribution in [0.25, 0.3) is 0 Å². The van der Waals surface area contributed by atoms with Gasteiger partial charge in [-0.3, -0.25) is 0 Å². The average molecular weight is 292 g/mol. The van der Waals surface area contributed by atoms with Crippen molar-refractivity contribution in [2.24, 2.45) is 0 Å². The zero-order valence-corrected chi connectivity index (χ0v) is 13.1. The lowest BCUT2D eigenvalue weighted by Gasteiger charge is -2.32. The fraction of sp³-hybridized carbons (Fsp3) is 0.625. The Hall–Kier alpha value is -1.07. The Balaban J connectivity index is 1.81. The van der Waals surface area contributed by atoms with Crippen molar-refractivity contribution in [3.8, 4) is 5.75 Å². The molecule has 0 spiro atoms. The molecule has 1 aromatic carbocycles. The standard InChI is InChI=1S/C16H22BFO3/c1-15(2)16(3,4)21-17(20-15)11-8-9-13(18)14(10-11)19-12-6-5-7-12/h8-10,12H,5-7H2,1-4H3. The topological polar surface area (TPSA) is 27.7 Å². The lowest BCUT2D eigenvalue weighted by molar-refractivity contribution is 0.00578. The van der Waals surface area contributed by atoms with Crippen LogP contribution in [0.3, 0.4) is 0 Å². The molecule has 21 heavy (non-hydrogen) atoms. The predicted molar refractivity (Wildman–Crippen MR) is 80.4 cm³/mol. The smallest absolute Gasteiger partial charge is 0.487 e. The quantitative estimate of drug-likeness (QED) is 0.801. The van der Waals surface area contributed by atoms with Gasteiger partial charge in [-0.15, -0.1) is 0 Å². The number of benzene rings is 1. The summed E-state index contributed by atoms with van der Waals surface area (Å²) in [6, 6.07) is 4.83. The summed E-state index contributed by atoms with van der Waals surface area (Å²) < 4.78 is 31.6.